The average Bonchev–Trinajstić information content (AvgIpc) is 2.18. The predicted octanol–water partition coefficient (Wildman–Crippen LogP) is 3.86. The van der Waals surface area contributed by atoms with E-state index in [9.17, 15) is 0 Å². The molecule has 0 saturated heterocycles. The third kappa shape index (κ3) is 4.99. The van der Waals surface area contributed by atoms with E-state index in [0.29, 0.717) is 6.04 Å². The zero-order valence-corrected chi connectivity index (χ0v) is 9.80. The van der Waals surface area contributed by atoms with Gasteiger partial charge in [0.05, 0.1) is 0 Å². The van der Waals surface area contributed by atoms with Gasteiger partial charge >= 0.3 is 0 Å². The summed E-state index contributed by atoms with van der Waals surface area (Å²) in [5, 5.41) is 0. The van der Waals surface area contributed by atoms with Crippen LogP contribution in [-0.4, -0.2) is 6.04 Å². The summed E-state index contributed by atoms with van der Waals surface area (Å²) >= 11 is 0. The molecular formula is C13H27N. The molecule has 0 bridgehead atoms. The molecule has 0 spiro atoms. The molecule has 2 atom stereocenters. The van der Waals surface area contributed by atoms with Crippen molar-refractivity contribution in [3.8, 4) is 0 Å². The molecule has 84 valence electrons. The highest BCUT2D eigenvalue weighted by atomic mass is 14.6. The highest BCUT2D eigenvalue weighted by molar-refractivity contribution is 4.74. The molecule has 2 unspecified atom stereocenters. The van der Waals surface area contributed by atoms with Crippen molar-refractivity contribution in [2.75, 3.05) is 0 Å². The number of unbranched alkanes of at least 4 members (excludes halogenated alkanes) is 4. The highest BCUT2D eigenvalue weighted by Crippen LogP contribution is 2.27. The maximum atomic E-state index is 5.98. The van der Waals surface area contributed by atoms with Crippen LogP contribution in [0.1, 0.15) is 71.1 Å². The van der Waals surface area contributed by atoms with Crippen LogP contribution in [-0.2, 0) is 0 Å². The molecule has 1 heteroatoms. The smallest absolute Gasteiger partial charge is 0.00414 e. The Morgan fingerprint density at radius 3 is 2.57 bits per heavy atom. The molecule has 0 radical (unpaired) electrons. The summed E-state index contributed by atoms with van der Waals surface area (Å²) in [5.74, 6) is 0.959. The van der Waals surface area contributed by atoms with E-state index in [4.69, 9.17) is 5.73 Å². The maximum absolute atomic E-state index is 5.98. The van der Waals surface area contributed by atoms with Crippen LogP contribution < -0.4 is 5.73 Å². The van der Waals surface area contributed by atoms with Crippen LogP contribution in [0.25, 0.3) is 0 Å². The Hall–Kier alpha value is -0.0400. The van der Waals surface area contributed by atoms with Crippen LogP contribution in [0, 0.1) is 5.92 Å². The standard InChI is InChI=1S/C13H27N/c1-2-3-4-5-6-8-12-9-7-10-13(14)11-12/h12-13H,2-11,14H2,1H3. The Morgan fingerprint density at radius 2 is 1.86 bits per heavy atom. The minimum absolute atomic E-state index is 0.518. The zero-order valence-electron chi connectivity index (χ0n) is 9.80. The second-order valence-electron chi connectivity index (χ2n) is 5.00. The molecule has 1 rings (SSSR count). The normalized spacial score (nSPS) is 27.9. The number of hydrogen-bond acceptors (Lipinski definition) is 1. The van der Waals surface area contributed by atoms with E-state index in [-0.39, 0.29) is 0 Å². The van der Waals surface area contributed by atoms with E-state index in [1.807, 2.05) is 0 Å². The molecule has 1 nitrogen and oxygen atoms in total. The summed E-state index contributed by atoms with van der Waals surface area (Å²) in [7, 11) is 0. The fourth-order valence-corrected chi connectivity index (χ4v) is 2.63. The summed E-state index contributed by atoms with van der Waals surface area (Å²) in [6.45, 7) is 2.28. The van der Waals surface area contributed by atoms with Crippen molar-refractivity contribution < 1.29 is 0 Å². The third-order valence-corrected chi connectivity index (χ3v) is 3.54. The summed E-state index contributed by atoms with van der Waals surface area (Å²) in [5.41, 5.74) is 5.98. The SMILES string of the molecule is CCCCCCCC1CCCC(N)C1. The van der Waals surface area contributed by atoms with E-state index in [0.717, 1.165) is 5.92 Å². The lowest BCUT2D eigenvalue weighted by Gasteiger charge is -2.26. The van der Waals surface area contributed by atoms with Crippen LogP contribution in [0.2, 0.25) is 0 Å². The lowest BCUT2D eigenvalue weighted by atomic mass is 9.83. The van der Waals surface area contributed by atoms with Crippen molar-refractivity contribution in [3.05, 3.63) is 0 Å². The third-order valence-electron chi connectivity index (χ3n) is 3.54. The molecule has 0 aromatic rings. The van der Waals surface area contributed by atoms with Gasteiger partial charge < -0.3 is 5.73 Å². The summed E-state index contributed by atoms with van der Waals surface area (Å²) in [6, 6.07) is 0.518. The molecule has 1 aliphatic rings. The van der Waals surface area contributed by atoms with Gasteiger partial charge in [-0.05, 0) is 18.8 Å². The van der Waals surface area contributed by atoms with E-state index in [1.54, 1.807) is 0 Å². The van der Waals surface area contributed by atoms with Gasteiger partial charge in [0.15, 0.2) is 0 Å². The van der Waals surface area contributed by atoms with Gasteiger partial charge in [0, 0.05) is 6.04 Å². The first-order valence-electron chi connectivity index (χ1n) is 6.58. The molecule has 2 N–H and O–H groups in total. The fraction of sp³-hybridized carbons (Fsp3) is 1.00. The van der Waals surface area contributed by atoms with Crippen molar-refractivity contribution in [2.24, 2.45) is 11.7 Å². The van der Waals surface area contributed by atoms with E-state index >= 15 is 0 Å². The molecule has 0 aromatic heterocycles. The van der Waals surface area contributed by atoms with E-state index in [1.165, 1.54) is 64.2 Å². The van der Waals surface area contributed by atoms with Crippen LogP contribution in [0.15, 0.2) is 0 Å². The monoisotopic (exact) mass is 197 g/mol. The first-order chi connectivity index (χ1) is 6.83. The van der Waals surface area contributed by atoms with Crippen molar-refractivity contribution >= 4 is 0 Å². The Labute approximate surface area is 89.5 Å². The first-order valence-corrected chi connectivity index (χ1v) is 6.58. The van der Waals surface area contributed by atoms with Crippen molar-refractivity contribution in [2.45, 2.75) is 77.2 Å². The van der Waals surface area contributed by atoms with Crippen LogP contribution in [0.4, 0.5) is 0 Å². The van der Waals surface area contributed by atoms with Crippen LogP contribution in [0.3, 0.4) is 0 Å². The summed E-state index contributed by atoms with van der Waals surface area (Å²) in [4.78, 5) is 0. The topological polar surface area (TPSA) is 26.0 Å². The van der Waals surface area contributed by atoms with E-state index < -0.39 is 0 Å². The van der Waals surface area contributed by atoms with Crippen LogP contribution >= 0.6 is 0 Å². The number of hydrogen-bond donors (Lipinski definition) is 1. The summed E-state index contributed by atoms with van der Waals surface area (Å²) in [6.07, 6.45) is 13.9. The van der Waals surface area contributed by atoms with Gasteiger partial charge in [-0.3, -0.25) is 0 Å². The van der Waals surface area contributed by atoms with Gasteiger partial charge in [-0.25, -0.2) is 0 Å². The Morgan fingerprint density at radius 1 is 1.07 bits per heavy atom. The number of nitrogens with two attached hydrogens (primary N) is 1. The summed E-state index contributed by atoms with van der Waals surface area (Å²) < 4.78 is 0. The zero-order chi connectivity index (χ0) is 10.2. The lowest BCUT2D eigenvalue weighted by Crippen LogP contribution is -2.27. The Bertz CT molecular complexity index is 133. The Kier molecular flexibility index (Phi) is 6.25. The molecule has 0 aromatic carbocycles. The van der Waals surface area contributed by atoms with Gasteiger partial charge in [0.2, 0.25) is 0 Å². The van der Waals surface area contributed by atoms with Gasteiger partial charge in [-0.15, -0.1) is 0 Å². The van der Waals surface area contributed by atoms with Gasteiger partial charge in [0.25, 0.3) is 0 Å². The molecular weight excluding hydrogens is 170 g/mol. The Balaban J connectivity index is 1.95. The average molecular weight is 197 g/mol. The van der Waals surface area contributed by atoms with Crippen molar-refractivity contribution in [1.29, 1.82) is 0 Å². The van der Waals surface area contributed by atoms with Crippen molar-refractivity contribution in [1.82, 2.24) is 0 Å². The quantitative estimate of drug-likeness (QED) is 0.643. The number of rotatable bonds is 6. The molecule has 0 aliphatic heterocycles. The maximum Gasteiger partial charge on any atom is 0.00414 e. The molecule has 0 amide bonds. The molecule has 14 heavy (non-hydrogen) atoms. The fourth-order valence-electron chi connectivity index (χ4n) is 2.63. The van der Waals surface area contributed by atoms with E-state index in [2.05, 4.69) is 6.92 Å². The van der Waals surface area contributed by atoms with Gasteiger partial charge in [0.1, 0.15) is 0 Å². The molecule has 1 saturated carbocycles. The molecule has 1 aliphatic carbocycles. The molecule has 0 heterocycles. The highest BCUT2D eigenvalue weighted by Gasteiger charge is 2.18. The van der Waals surface area contributed by atoms with Crippen LogP contribution in [0.5, 0.6) is 0 Å². The van der Waals surface area contributed by atoms with Gasteiger partial charge in [-0.2, -0.15) is 0 Å². The molecule has 1 fully saturated rings. The lowest BCUT2D eigenvalue weighted by molar-refractivity contribution is 0.298. The minimum Gasteiger partial charge on any atom is -0.328 e. The predicted molar refractivity (Wildman–Crippen MR) is 63.3 cm³/mol. The largest absolute Gasteiger partial charge is 0.328 e. The van der Waals surface area contributed by atoms with Gasteiger partial charge in [-0.1, -0.05) is 58.3 Å². The first kappa shape index (κ1) is 12.0. The van der Waals surface area contributed by atoms with Crippen molar-refractivity contribution in [3.63, 3.8) is 0 Å². The second-order valence-corrected chi connectivity index (χ2v) is 5.00. The minimum atomic E-state index is 0.518. The second kappa shape index (κ2) is 7.28.